The maximum absolute atomic E-state index is 11.8. The lowest BCUT2D eigenvalue weighted by Gasteiger charge is -2.18. The molecule has 0 aromatic carbocycles. The highest BCUT2D eigenvalue weighted by molar-refractivity contribution is 5.85. The number of aliphatic hydroxyl groups is 1. The lowest BCUT2D eigenvalue weighted by molar-refractivity contribution is -0.375. The number of carbonyl (C=O) groups excluding carboxylic acids is 1. The zero-order valence-corrected chi connectivity index (χ0v) is 5.86. The first-order valence-corrected chi connectivity index (χ1v) is 2.63. The molecule has 0 aromatic rings. The van der Waals surface area contributed by atoms with Gasteiger partial charge in [0, 0.05) is 0 Å². The van der Waals surface area contributed by atoms with Crippen molar-refractivity contribution in [3.63, 3.8) is 0 Å². The zero-order chi connectivity index (χ0) is 10.9. The van der Waals surface area contributed by atoms with E-state index in [1.54, 1.807) is 0 Å². The largest absolute Gasteiger partial charge is 0.502 e. The van der Waals surface area contributed by atoms with E-state index in [9.17, 15) is 26.7 Å². The van der Waals surface area contributed by atoms with Crippen molar-refractivity contribution in [2.24, 2.45) is 0 Å². The number of ether oxygens (including phenoxy) is 1. The van der Waals surface area contributed by atoms with Gasteiger partial charge >= 0.3 is 18.3 Å². The van der Waals surface area contributed by atoms with Crippen LogP contribution in [0.5, 0.6) is 0 Å². The number of rotatable bonds is 2. The van der Waals surface area contributed by atoms with E-state index in [2.05, 4.69) is 11.3 Å². The predicted molar refractivity (Wildman–Crippen MR) is 28.9 cm³/mol. The molecule has 0 saturated carbocycles. The first kappa shape index (κ1) is 11.7. The fourth-order valence-corrected chi connectivity index (χ4v) is 0.233. The van der Waals surface area contributed by atoms with Crippen LogP contribution < -0.4 is 0 Å². The number of halogens is 5. The SMILES string of the molecule is C=C(O)C(=O)OC(F)(F)C(F)(F)F. The molecule has 8 heteroatoms. The van der Waals surface area contributed by atoms with E-state index in [1.807, 2.05) is 0 Å². The van der Waals surface area contributed by atoms with Gasteiger partial charge in [-0.05, 0) is 6.58 Å². The molecule has 0 amide bonds. The summed E-state index contributed by atoms with van der Waals surface area (Å²) in [5.41, 5.74) is 0. The summed E-state index contributed by atoms with van der Waals surface area (Å²) in [4.78, 5) is 10.1. The lowest BCUT2D eigenvalue weighted by atomic mass is 10.5. The highest BCUT2D eigenvalue weighted by Crippen LogP contribution is 2.36. The first-order valence-electron chi connectivity index (χ1n) is 2.63. The summed E-state index contributed by atoms with van der Waals surface area (Å²) in [6.07, 6.45) is -11.6. The minimum atomic E-state index is -6.02. The summed E-state index contributed by atoms with van der Waals surface area (Å²) >= 11 is 0. The molecule has 0 atom stereocenters. The van der Waals surface area contributed by atoms with Crippen LogP contribution in [0.3, 0.4) is 0 Å². The van der Waals surface area contributed by atoms with Gasteiger partial charge in [0.25, 0.3) is 0 Å². The van der Waals surface area contributed by atoms with Gasteiger partial charge in [0.15, 0.2) is 5.76 Å². The van der Waals surface area contributed by atoms with E-state index in [1.165, 1.54) is 0 Å². The summed E-state index contributed by atoms with van der Waals surface area (Å²) < 4.78 is 60.2. The monoisotopic (exact) mass is 206 g/mol. The van der Waals surface area contributed by atoms with Crippen molar-refractivity contribution in [1.29, 1.82) is 0 Å². The molecule has 0 bridgehead atoms. The Bertz CT molecular complexity index is 231. The molecule has 13 heavy (non-hydrogen) atoms. The van der Waals surface area contributed by atoms with Crippen LogP contribution in [-0.4, -0.2) is 23.4 Å². The molecular weight excluding hydrogens is 203 g/mol. The van der Waals surface area contributed by atoms with Gasteiger partial charge in [-0.15, -0.1) is 0 Å². The molecule has 0 spiro atoms. The van der Waals surface area contributed by atoms with Gasteiger partial charge in [-0.3, -0.25) is 0 Å². The smallest absolute Gasteiger partial charge is 0.501 e. The second-order valence-electron chi connectivity index (χ2n) is 1.85. The van der Waals surface area contributed by atoms with Gasteiger partial charge in [-0.25, -0.2) is 4.79 Å². The second-order valence-corrected chi connectivity index (χ2v) is 1.85. The Labute approximate surface area is 68.4 Å². The Morgan fingerprint density at radius 1 is 1.23 bits per heavy atom. The van der Waals surface area contributed by atoms with Gasteiger partial charge in [-0.2, -0.15) is 22.0 Å². The van der Waals surface area contributed by atoms with Crippen molar-refractivity contribution in [2.75, 3.05) is 0 Å². The maximum atomic E-state index is 11.8. The molecule has 0 aromatic heterocycles. The minimum Gasteiger partial charge on any atom is -0.502 e. The van der Waals surface area contributed by atoms with Crippen LogP contribution in [0.4, 0.5) is 22.0 Å². The highest BCUT2D eigenvalue weighted by Gasteiger charge is 2.62. The van der Waals surface area contributed by atoms with Gasteiger partial charge in [0.05, 0.1) is 0 Å². The Morgan fingerprint density at radius 3 is 1.85 bits per heavy atom. The van der Waals surface area contributed by atoms with E-state index in [0.717, 1.165) is 0 Å². The molecule has 0 heterocycles. The molecule has 0 aliphatic heterocycles. The van der Waals surface area contributed by atoms with Crippen molar-refractivity contribution in [2.45, 2.75) is 12.3 Å². The average molecular weight is 206 g/mol. The number of aliphatic hydroxyl groups excluding tert-OH is 1. The topological polar surface area (TPSA) is 46.5 Å². The summed E-state index contributed by atoms with van der Waals surface area (Å²) in [7, 11) is 0. The third kappa shape index (κ3) is 2.88. The quantitative estimate of drug-likeness (QED) is 0.324. The van der Waals surface area contributed by atoms with E-state index < -0.39 is 24.0 Å². The molecule has 0 aliphatic rings. The molecule has 0 saturated heterocycles. The normalized spacial score (nSPS) is 12.4. The molecule has 3 nitrogen and oxygen atoms in total. The zero-order valence-electron chi connectivity index (χ0n) is 5.86. The van der Waals surface area contributed by atoms with Crippen molar-refractivity contribution in [1.82, 2.24) is 0 Å². The van der Waals surface area contributed by atoms with Crippen molar-refractivity contribution in [3.8, 4) is 0 Å². The fraction of sp³-hybridized carbons (Fsp3) is 0.400. The van der Waals surface area contributed by atoms with E-state index in [0.29, 0.717) is 0 Å². The number of hydrogen-bond donors (Lipinski definition) is 1. The van der Waals surface area contributed by atoms with Crippen LogP contribution in [0.2, 0.25) is 0 Å². The number of hydrogen-bond acceptors (Lipinski definition) is 3. The summed E-state index contributed by atoms with van der Waals surface area (Å²) in [6.45, 7) is 2.40. The second kappa shape index (κ2) is 3.19. The first-order chi connectivity index (χ1) is 5.58. The minimum absolute atomic E-state index is 1.54. The number of esters is 1. The highest BCUT2D eigenvalue weighted by atomic mass is 19.4. The molecule has 0 unspecified atom stereocenters. The van der Waals surface area contributed by atoms with Gasteiger partial charge in [0.1, 0.15) is 0 Å². The van der Waals surface area contributed by atoms with Crippen LogP contribution in [0, 0.1) is 0 Å². The van der Waals surface area contributed by atoms with Crippen LogP contribution >= 0.6 is 0 Å². The Balaban J connectivity index is 4.53. The molecule has 0 radical (unpaired) electrons. The Hall–Kier alpha value is -1.34. The Morgan fingerprint density at radius 2 is 1.62 bits per heavy atom. The molecule has 0 rings (SSSR count). The lowest BCUT2D eigenvalue weighted by Crippen LogP contribution is -2.41. The third-order valence-electron chi connectivity index (χ3n) is 0.787. The summed E-state index contributed by atoms with van der Waals surface area (Å²) in [5, 5.41) is 8.08. The standard InChI is InChI=1S/C5H3F5O3/c1-2(11)3(12)13-5(9,10)4(6,7)8/h11H,1H2. The van der Waals surface area contributed by atoms with Crippen LogP contribution in [-0.2, 0) is 9.53 Å². The van der Waals surface area contributed by atoms with Crippen LogP contribution in [0.25, 0.3) is 0 Å². The number of alkyl halides is 5. The fourth-order valence-electron chi connectivity index (χ4n) is 0.233. The van der Waals surface area contributed by atoms with Gasteiger partial charge in [0.2, 0.25) is 0 Å². The number of carbonyl (C=O) groups is 1. The summed E-state index contributed by atoms with van der Waals surface area (Å²) in [6, 6.07) is 0. The predicted octanol–water partition coefficient (Wildman–Crippen LogP) is 1.76. The van der Waals surface area contributed by atoms with Crippen LogP contribution in [0.1, 0.15) is 0 Å². The van der Waals surface area contributed by atoms with E-state index >= 15 is 0 Å². The van der Waals surface area contributed by atoms with Crippen molar-refractivity contribution < 1.29 is 36.6 Å². The molecule has 76 valence electrons. The van der Waals surface area contributed by atoms with Crippen LogP contribution in [0.15, 0.2) is 12.3 Å². The third-order valence-corrected chi connectivity index (χ3v) is 0.787. The van der Waals surface area contributed by atoms with Crippen molar-refractivity contribution >= 4 is 5.97 Å². The average Bonchev–Trinajstić information content (AvgIpc) is 1.83. The molecule has 1 N–H and O–H groups in total. The van der Waals surface area contributed by atoms with E-state index in [4.69, 9.17) is 5.11 Å². The van der Waals surface area contributed by atoms with Gasteiger partial charge in [-0.1, -0.05) is 0 Å². The van der Waals surface area contributed by atoms with Gasteiger partial charge < -0.3 is 9.84 Å². The summed E-state index contributed by atoms with van der Waals surface area (Å²) in [5.74, 6) is -3.77. The molecule has 0 aliphatic carbocycles. The molecule has 0 fully saturated rings. The van der Waals surface area contributed by atoms with Crippen molar-refractivity contribution in [3.05, 3.63) is 12.3 Å². The van der Waals surface area contributed by atoms with E-state index in [-0.39, 0.29) is 0 Å². The molecular formula is C5H3F5O3. The Kier molecular flexibility index (Phi) is 2.86. The maximum Gasteiger partial charge on any atom is 0.501 e.